The first-order chi connectivity index (χ1) is 12.0. The van der Waals surface area contributed by atoms with Gasteiger partial charge in [0.25, 0.3) is 0 Å². The molecule has 0 aliphatic heterocycles. The number of ether oxygens (including phenoxy) is 1. The van der Waals surface area contributed by atoms with Crippen LogP contribution < -0.4 is 10.1 Å². The molecule has 132 valence electrons. The van der Waals surface area contributed by atoms with Crippen LogP contribution in [0, 0.1) is 0 Å². The monoisotopic (exact) mass is 359 g/mol. The first-order valence-corrected chi connectivity index (χ1v) is 9.48. The molecule has 2 aromatic rings. The number of hydrogen-bond donors (Lipinski definition) is 1. The second kappa shape index (κ2) is 9.13. The van der Waals surface area contributed by atoms with Crippen molar-refractivity contribution < 1.29 is 18.5 Å². The molecule has 0 aliphatic rings. The van der Waals surface area contributed by atoms with E-state index in [9.17, 15) is 13.8 Å². The summed E-state index contributed by atoms with van der Waals surface area (Å²) in [5, 5.41) is 2.80. The predicted octanol–water partition coefficient (Wildman–Crippen LogP) is 3.42. The molecular formula is C19H21NO4S. The SMILES string of the molecule is CC(=O)c1ccc(OCCCC(=O)Nc2ccc([S@@](C)=O)cc2)cc1. The van der Waals surface area contributed by atoms with Gasteiger partial charge in [-0.15, -0.1) is 0 Å². The van der Waals surface area contributed by atoms with E-state index in [0.29, 0.717) is 36.4 Å². The molecular weight excluding hydrogens is 338 g/mol. The Kier molecular flexibility index (Phi) is 6.89. The number of Topliss-reactive ketones (excluding diaryl/α,β-unsaturated/α-hetero) is 1. The van der Waals surface area contributed by atoms with Gasteiger partial charge in [-0.3, -0.25) is 13.8 Å². The summed E-state index contributed by atoms with van der Waals surface area (Å²) in [5.41, 5.74) is 1.32. The Morgan fingerprint density at radius 3 is 2.24 bits per heavy atom. The Hall–Kier alpha value is -2.47. The van der Waals surface area contributed by atoms with E-state index >= 15 is 0 Å². The smallest absolute Gasteiger partial charge is 0.224 e. The molecule has 0 saturated heterocycles. The quantitative estimate of drug-likeness (QED) is 0.579. The van der Waals surface area contributed by atoms with E-state index in [0.717, 1.165) is 4.90 Å². The minimum Gasteiger partial charge on any atom is -0.494 e. The van der Waals surface area contributed by atoms with Gasteiger partial charge in [-0.25, -0.2) is 0 Å². The highest BCUT2D eigenvalue weighted by atomic mass is 32.2. The Morgan fingerprint density at radius 2 is 1.68 bits per heavy atom. The van der Waals surface area contributed by atoms with Crippen LogP contribution in [0.4, 0.5) is 5.69 Å². The predicted molar refractivity (Wildman–Crippen MR) is 98.6 cm³/mol. The maximum atomic E-state index is 11.9. The van der Waals surface area contributed by atoms with E-state index in [4.69, 9.17) is 4.74 Å². The van der Waals surface area contributed by atoms with Crippen LogP contribution in [0.2, 0.25) is 0 Å². The standard InChI is InChI=1S/C19H21NO4S/c1-14(21)15-5-9-17(10-6-15)24-13-3-4-19(22)20-16-7-11-18(12-8-16)25(2)23/h5-12H,3-4,13H2,1-2H3,(H,20,22)/t25-/m1/s1. The molecule has 0 heterocycles. The van der Waals surface area contributed by atoms with E-state index in [2.05, 4.69) is 5.32 Å². The molecule has 2 aromatic carbocycles. The van der Waals surface area contributed by atoms with Crippen molar-refractivity contribution in [2.24, 2.45) is 0 Å². The van der Waals surface area contributed by atoms with Gasteiger partial charge in [0.15, 0.2) is 5.78 Å². The molecule has 0 fully saturated rings. The maximum Gasteiger partial charge on any atom is 0.224 e. The minimum atomic E-state index is -1.03. The largest absolute Gasteiger partial charge is 0.494 e. The maximum absolute atomic E-state index is 11.9. The van der Waals surface area contributed by atoms with Crippen molar-refractivity contribution in [3.63, 3.8) is 0 Å². The Bertz CT molecular complexity index is 754. The van der Waals surface area contributed by atoms with E-state index < -0.39 is 10.8 Å². The lowest BCUT2D eigenvalue weighted by Crippen LogP contribution is -2.12. The third-order valence-corrected chi connectivity index (χ3v) is 4.48. The first kappa shape index (κ1) is 18.9. The van der Waals surface area contributed by atoms with Crippen molar-refractivity contribution in [2.75, 3.05) is 18.2 Å². The number of anilines is 1. The molecule has 2 rings (SSSR count). The van der Waals surface area contributed by atoms with Crippen LogP contribution in [0.1, 0.15) is 30.1 Å². The molecule has 6 heteroatoms. The van der Waals surface area contributed by atoms with E-state index in [1.54, 1.807) is 54.8 Å². The first-order valence-electron chi connectivity index (χ1n) is 7.93. The van der Waals surface area contributed by atoms with Crippen LogP contribution in [0.25, 0.3) is 0 Å². The van der Waals surface area contributed by atoms with Gasteiger partial charge in [-0.2, -0.15) is 0 Å². The lowest BCUT2D eigenvalue weighted by atomic mass is 10.1. The highest BCUT2D eigenvalue weighted by Crippen LogP contribution is 2.14. The number of ketones is 1. The van der Waals surface area contributed by atoms with Crippen molar-refractivity contribution in [3.05, 3.63) is 54.1 Å². The molecule has 25 heavy (non-hydrogen) atoms. The van der Waals surface area contributed by atoms with E-state index in [-0.39, 0.29) is 11.7 Å². The lowest BCUT2D eigenvalue weighted by molar-refractivity contribution is -0.116. The van der Waals surface area contributed by atoms with Gasteiger partial charge in [0, 0.05) is 39.6 Å². The fourth-order valence-electron chi connectivity index (χ4n) is 2.16. The van der Waals surface area contributed by atoms with Crippen LogP contribution in [-0.2, 0) is 15.6 Å². The van der Waals surface area contributed by atoms with Crippen LogP contribution in [0.3, 0.4) is 0 Å². The number of carbonyl (C=O) groups is 2. The van der Waals surface area contributed by atoms with Crippen LogP contribution in [0.15, 0.2) is 53.4 Å². The average Bonchev–Trinajstić information content (AvgIpc) is 2.59. The second-order valence-corrected chi connectivity index (χ2v) is 6.94. The molecule has 0 saturated carbocycles. The Labute approximate surface area is 149 Å². The Morgan fingerprint density at radius 1 is 1.04 bits per heavy atom. The fraction of sp³-hybridized carbons (Fsp3) is 0.263. The van der Waals surface area contributed by atoms with Gasteiger partial charge in [0.1, 0.15) is 5.75 Å². The Balaban J connectivity index is 1.71. The number of benzene rings is 2. The number of nitrogens with one attached hydrogen (secondary N) is 1. The molecule has 0 bridgehead atoms. The summed E-state index contributed by atoms with van der Waals surface area (Å²) in [4.78, 5) is 23.8. The van der Waals surface area contributed by atoms with Crippen molar-refractivity contribution in [3.8, 4) is 5.75 Å². The summed E-state index contributed by atoms with van der Waals surface area (Å²) >= 11 is 0. The zero-order valence-electron chi connectivity index (χ0n) is 14.3. The topological polar surface area (TPSA) is 72.5 Å². The van der Waals surface area contributed by atoms with Crippen molar-refractivity contribution in [2.45, 2.75) is 24.7 Å². The third kappa shape index (κ3) is 6.15. The van der Waals surface area contributed by atoms with Crippen LogP contribution in [0.5, 0.6) is 5.75 Å². The number of hydrogen-bond acceptors (Lipinski definition) is 4. The molecule has 1 amide bonds. The van der Waals surface area contributed by atoms with Crippen molar-refractivity contribution >= 4 is 28.2 Å². The van der Waals surface area contributed by atoms with Gasteiger partial charge in [-0.05, 0) is 61.9 Å². The van der Waals surface area contributed by atoms with Crippen LogP contribution >= 0.6 is 0 Å². The van der Waals surface area contributed by atoms with Gasteiger partial charge in [0.05, 0.1) is 6.61 Å². The third-order valence-electron chi connectivity index (χ3n) is 3.55. The summed E-state index contributed by atoms with van der Waals surface area (Å²) in [6.45, 7) is 1.93. The molecule has 1 atom stereocenters. The van der Waals surface area contributed by atoms with Gasteiger partial charge in [-0.1, -0.05) is 0 Å². The highest BCUT2D eigenvalue weighted by molar-refractivity contribution is 7.84. The summed E-state index contributed by atoms with van der Waals surface area (Å²) in [6.07, 6.45) is 2.53. The molecule has 0 spiro atoms. The summed E-state index contributed by atoms with van der Waals surface area (Å²) in [5.74, 6) is 0.593. The number of amides is 1. The van der Waals surface area contributed by atoms with Crippen molar-refractivity contribution in [1.82, 2.24) is 0 Å². The van der Waals surface area contributed by atoms with Gasteiger partial charge >= 0.3 is 0 Å². The lowest BCUT2D eigenvalue weighted by Gasteiger charge is -2.08. The van der Waals surface area contributed by atoms with Crippen molar-refractivity contribution in [1.29, 1.82) is 0 Å². The normalized spacial score (nSPS) is 11.6. The number of carbonyl (C=O) groups excluding carboxylic acids is 2. The van der Waals surface area contributed by atoms with Gasteiger partial charge < -0.3 is 10.1 Å². The molecule has 0 unspecified atom stereocenters. The van der Waals surface area contributed by atoms with Gasteiger partial charge in [0.2, 0.25) is 5.91 Å². The second-order valence-electron chi connectivity index (χ2n) is 5.56. The summed E-state index contributed by atoms with van der Waals surface area (Å²) < 4.78 is 16.9. The summed E-state index contributed by atoms with van der Waals surface area (Å²) in [6, 6.07) is 13.9. The van der Waals surface area contributed by atoms with Crippen LogP contribution in [-0.4, -0.2) is 28.8 Å². The summed E-state index contributed by atoms with van der Waals surface area (Å²) in [7, 11) is -1.03. The zero-order chi connectivity index (χ0) is 18.2. The molecule has 1 N–H and O–H groups in total. The fourth-order valence-corrected chi connectivity index (χ4v) is 2.68. The number of rotatable bonds is 8. The zero-order valence-corrected chi connectivity index (χ0v) is 15.1. The average molecular weight is 359 g/mol. The molecule has 5 nitrogen and oxygen atoms in total. The molecule has 0 radical (unpaired) electrons. The molecule has 0 aromatic heterocycles. The highest BCUT2D eigenvalue weighted by Gasteiger charge is 2.04. The molecule has 0 aliphatic carbocycles. The van der Waals surface area contributed by atoms with E-state index in [1.807, 2.05) is 0 Å². The van der Waals surface area contributed by atoms with E-state index in [1.165, 1.54) is 6.92 Å². The minimum absolute atomic E-state index is 0.0152.